The van der Waals surface area contributed by atoms with Gasteiger partial charge in [0.1, 0.15) is 5.75 Å². The Morgan fingerprint density at radius 2 is 1.53 bits per heavy atom. The van der Waals surface area contributed by atoms with E-state index in [4.69, 9.17) is 4.74 Å². The summed E-state index contributed by atoms with van der Waals surface area (Å²) in [6.07, 6.45) is 0.393. The van der Waals surface area contributed by atoms with E-state index >= 15 is 0 Å². The van der Waals surface area contributed by atoms with E-state index in [1.165, 1.54) is 11.4 Å². The van der Waals surface area contributed by atoms with Crippen LogP contribution in [0.3, 0.4) is 0 Å². The zero-order valence-corrected chi connectivity index (χ0v) is 17.9. The van der Waals surface area contributed by atoms with E-state index in [0.717, 1.165) is 17.4 Å². The Bertz CT molecular complexity index is 1110. The first kappa shape index (κ1) is 21.4. The molecule has 3 aromatic carbocycles. The summed E-state index contributed by atoms with van der Waals surface area (Å²) >= 11 is 0. The molecule has 0 radical (unpaired) electrons. The maximum Gasteiger partial charge on any atom is 0.265 e. The lowest BCUT2D eigenvalue weighted by atomic mass is 10.0. The predicted molar refractivity (Wildman–Crippen MR) is 120 cm³/mol. The van der Waals surface area contributed by atoms with Crippen LogP contribution >= 0.6 is 0 Å². The Labute approximate surface area is 177 Å². The Morgan fingerprint density at radius 1 is 0.933 bits per heavy atom. The number of rotatable bonds is 7. The zero-order valence-electron chi connectivity index (χ0n) is 17.1. The van der Waals surface area contributed by atoms with Crippen molar-refractivity contribution in [1.29, 1.82) is 0 Å². The number of amides is 1. The molecule has 0 aromatic heterocycles. The Morgan fingerprint density at radius 3 is 2.17 bits per heavy atom. The molecular formula is C23H24N2O4S. The van der Waals surface area contributed by atoms with Gasteiger partial charge in [0.25, 0.3) is 5.91 Å². The highest BCUT2D eigenvalue weighted by atomic mass is 32.2. The van der Waals surface area contributed by atoms with Gasteiger partial charge in [0, 0.05) is 18.3 Å². The lowest BCUT2D eigenvalue weighted by Crippen LogP contribution is -2.30. The number of benzene rings is 3. The molecule has 7 heteroatoms. The maximum absolute atomic E-state index is 12.7. The van der Waals surface area contributed by atoms with E-state index in [1.54, 1.807) is 31.2 Å². The molecule has 0 spiro atoms. The lowest BCUT2D eigenvalue weighted by Gasteiger charge is -2.19. The number of para-hydroxylation sites is 1. The van der Waals surface area contributed by atoms with Gasteiger partial charge in [-0.2, -0.15) is 0 Å². The van der Waals surface area contributed by atoms with Crippen molar-refractivity contribution < 1.29 is 17.9 Å². The second-order valence-electron chi connectivity index (χ2n) is 6.89. The number of nitrogens with zero attached hydrogens (tertiary/aromatic N) is 1. The average molecular weight is 425 g/mol. The fourth-order valence-corrected chi connectivity index (χ4v) is 3.38. The molecule has 0 heterocycles. The van der Waals surface area contributed by atoms with Crippen LogP contribution in [0.5, 0.6) is 5.75 Å². The monoisotopic (exact) mass is 424 g/mol. The first-order valence-corrected chi connectivity index (χ1v) is 11.3. The quantitative estimate of drug-likeness (QED) is 0.618. The molecule has 0 aliphatic rings. The molecule has 0 saturated carbocycles. The Kier molecular flexibility index (Phi) is 6.42. The number of hydrogen-bond donors (Lipinski definition) is 1. The molecule has 0 aliphatic carbocycles. The van der Waals surface area contributed by atoms with Gasteiger partial charge in [-0.3, -0.25) is 9.10 Å². The van der Waals surface area contributed by atoms with E-state index in [9.17, 15) is 13.2 Å². The third-order valence-electron chi connectivity index (χ3n) is 4.65. The van der Waals surface area contributed by atoms with Crippen LogP contribution in [0.2, 0.25) is 0 Å². The van der Waals surface area contributed by atoms with Crippen LogP contribution in [0.1, 0.15) is 6.92 Å². The highest BCUT2D eigenvalue weighted by Crippen LogP contribution is 2.28. The second kappa shape index (κ2) is 9.00. The minimum absolute atomic E-state index is 0.282. The molecule has 3 aromatic rings. The molecule has 3 rings (SSSR count). The molecular weight excluding hydrogens is 400 g/mol. The van der Waals surface area contributed by atoms with Crippen molar-refractivity contribution in [2.24, 2.45) is 0 Å². The second-order valence-corrected chi connectivity index (χ2v) is 8.90. The summed E-state index contributed by atoms with van der Waals surface area (Å²) in [5.74, 6) is 0.190. The van der Waals surface area contributed by atoms with E-state index in [0.29, 0.717) is 17.1 Å². The number of carbonyl (C=O) groups is 1. The molecule has 156 valence electrons. The van der Waals surface area contributed by atoms with Crippen molar-refractivity contribution >= 4 is 27.3 Å². The molecule has 0 unspecified atom stereocenters. The van der Waals surface area contributed by atoms with Crippen molar-refractivity contribution in [3.63, 3.8) is 0 Å². The summed E-state index contributed by atoms with van der Waals surface area (Å²) in [5, 5.41) is 2.93. The summed E-state index contributed by atoms with van der Waals surface area (Å²) in [4.78, 5) is 12.7. The third kappa shape index (κ3) is 5.18. The molecule has 0 saturated heterocycles. The maximum atomic E-state index is 12.7. The highest BCUT2D eigenvalue weighted by Gasteiger charge is 2.17. The lowest BCUT2D eigenvalue weighted by molar-refractivity contribution is -0.122. The normalized spacial score (nSPS) is 12.1. The van der Waals surface area contributed by atoms with E-state index in [2.05, 4.69) is 5.32 Å². The van der Waals surface area contributed by atoms with Gasteiger partial charge >= 0.3 is 0 Å². The fourth-order valence-electron chi connectivity index (χ4n) is 2.88. The summed E-state index contributed by atoms with van der Waals surface area (Å²) in [6, 6.07) is 23.9. The van der Waals surface area contributed by atoms with Gasteiger partial charge in [0.05, 0.1) is 11.9 Å². The van der Waals surface area contributed by atoms with Gasteiger partial charge in [-0.1, -0.05) is 48.5 Å². The largest absolute Gasteiger partial charge is 0.481 e. The van der Waals surface area contributed by atoms with Crippen LogP contribution in [-0.2, 0) is 14.8 Å². The number of anilines is 2. The van der Waals surface area contributed by atoms with Crippen molar-refractivity contribution in [2.45, 2.75) is 13.0 Å². The number of carbonyl (C=O) groups excluding carboxylic acids is 1. The minimum Gasteiger partial charge on any atom is -0.481 e. The molecule has 6 nitrogen and oxygen atoms in total. The molecule has 0 aliphatic heterocycles. The van der Waals surface area contributed by atoms with E-state index in [1.807, 2.05) is 54.6 Å². The summed E-state index contributed by atoms with van der Waals surface area (Å²) in [7, 11) is -1.86. The van der Waals surface area contributed by atoms with Crippen molar-refractivity contribution in [1.82, 2.24) is 0 Å². The Balaban J connectivity index is 1.69. The molecule has 0 bridgehead atoms. The minimum atomic E-state index is -3.34. The zero-order chi connectivity index (χ0) is 21.7. The van der Waals surface area contributed by atoms with Crippen LogP contribution in [0, 0.1) is 0 Å². The SMILES string of the molecule is C[C@@H](Oc1ccc(N(C)S(C)(=O)=O)cc1)C(=O)Nc1ccccc1-c1ccccc1. The van der Waals surface area contributed by atoms with Crippen molar-refractivity contribution in [2.75, 3.05) is 22.9 Å². The average Bonchev–Trinajstić information content (AvgIpc) is 2.74. The molecule has 1 atom stereocenters. The summed E-state index contributed by atoms with van der Waals surface area (Å²) < 4.78 is 30.2. The summed E-state index contributed by atoms with van der Waals surface area (Å²) in [5.41, 5.74) is 3.15. The third-order valence-corrected chi connectivity index (χ3v) is 5.86. The van der Waals surface area contributed by atoms with Crippen LogP contribution < -0.4 is 14.4 Å². The standard InChI is InChI=1S/C23H24N2O4S/c1-17(29-20-15-13-19(14-16-20)25(2)30(3,27)28)23(26)24-22-12-8-7-11-21(22)18-9-5-4-6-10-18/h4-17H,1-3H3,(H,24,26)/t17-/m1/s1. The number of hydrogen-bond acceptors (Lipinski definition) is 4. The van der Waals surface area contributed by atoms with Crippen molar-refractivity contribution in [3.8, 4) is 16.9 Å². The van der Waals surface area contributed by atoms with Crippen LogP contribution in [-0.4, -0.2) is 33.7 Å². The Hall–Kier alpha value is -3.32. The topological polar surface area (TPSA) is 75.7 Å². The molecule has 0 fully saturated rings. The van der Waals surface area contributed by atoms with E-state index in [-0.39, 0.29) is 5.91 Å². The predicted octanol–water partition coefficient (Wildman–Crippen LogP) is 4.16. The van der Waals surface area contributed by atoms with Gasteiger partial charge in [-0.25, -0.2) is 8.42 Å². The summed E-state index contributed by atoms with van der Waals surface area (Å²) in [6.45, 7) is 1.66. The first-order valence-electron chi connectivity index (χ1n) is 9.41. The van der Waals surface area contributed by atoms with Crippen LogP contribution in [0.15, 0.2) is 78.9 Å². The van der Waals surface area contributed by atoms with Gasteiger partial charge in [-0.05, 0) is 42.8 Å². The van der Waals surface area contributed by atoms with Gasteiger partial charge in [0.15, 0.2) is 6.10 Å². The number of nitrogens with one attached hydrogen (secondary N) is 1. The molecule has 30 heavy (non-hydrogen) atoms. The number of ether oxygens (including phenoxy) is 1. The smallest absolute Gasteiger partial charge is 0.265 e. The van der Waals surface area contributed by atoms with Gasteiger partial charge < -0.3 is 10.1 Å². The first-order chi connectivity index (χ1) is 14.3. The van der Waals surface area contributed by atoms with Gasteiger partial charge in [-0.15, -0.1) is 0 Å². The van der Waals surface area contributed by atoms with Gasteiger partial charge in [0.2, 0.25) is 10.0 Å². The molecule has 1 N–H and O–H groups in total. The van der Waals surface area contributed by atoms with Crippen molar-refractivity contribution in [3.05, 3.63) is 78.9 Å². The van der Waals surface area contributed by atoms with Crippen LogP contribution in [0.25, 0.3) is 11.1 Å². The van der Waals surface area contributed by atoms with Crippen LogP contribution in [0.4, 0.5) is 11.4 Å². The highest BCUT2D eigenvalue weighted by molar-refractivity contribution is 7.92. The molecule has 1 amide bonds. The number of sulfonamides is 1. The van der Waals surface area contributed by atoms with E-state index < -0.39 is 16.1 Å². The fraction of sp³-hybridized carbons (Fsp3) is 0.174.